The second kappa shape index (κ2) is 7.58. The SMILES string of the molecule is CNS(=O)(=O)c1ccc(NC(=O)NC2CCC(C(=O)O)CC2)nc1. The number of sulfonamides is 1. The summed E-state index contributed by atoms with van der Waals surface area (Å²) in [6.45, 7) is 0. The van der Waals surface area contributed by atoms with Gasteiger partial charge in [0, 0.05) is 12.2 Å². The number of anilines is 1. The van der Waals surface area contributed by atoms with E-state index < -0.39 is 22.0 Å². The Morgan fingerprint density at radius 3 is 2.38 bits per heavy atom. The van der Waals surface area contributed by atoms with Gasteiger partial charge in [0.15, 0.2) is 0 Å². The van der Waals surface area contributed by atoms with Crippen molar-refractivity contribution in [1.29, 1.82) is 0 Å². The van der Waals surface area contributed by atoms with Crippen molar-refractivity contribution in [2.45, 2.75) is 36.6 Å². The first-order valence-corrected chi connectivity index (χ1v) is 9.00. The van der Waals surface area contributed by atoms with Gasteiger partial charge in [0.05, 0.1) is 5.92 Å². The summed E-state index contributed by atoms with van der Waals surface area (Å²) < 4.78 is 25.3. The molecule has 0 radical (unpaired) electrons. The first-order chi connectivity index (χ1) is 11.3. The number of carboxylic acids is 1. The number of carbonyl (C=O) groups is 2. The summed E-state index contributed by atoms with van der Waals surface area (Å²) in [5.41, 5.74) is 0. The van der Waals surface area contributed by atoms with Crippen LogP contribution in [0.1, 0.15) is 25.7 Å². The average molecular weight is 356 g/mol. The topological polar surface area (TPSA) is 137 Å². The molecule has 0 aromatic carbocycles. The number of nitrogens with one attached hydrogen (secondary N) is 3. The molecule has 1 aromatic heterocycles. The number of rotatable bonds is 5. The Morgan fingerprint density at radius 1 is 1.21 bits per heavy atom. The maximum Gasteiger partial charge on any atom is 0.320 e. The minimum absolute atomic E-state index is 0.00273. The lowest BCUT2D eigenvalue weighted by atomic mass is 9.86. The van der Waals surface area contributed by atoms with E-state index in [1.54, 1.807) is 0 Å². The van der Waals surface area contributed by atoms with E-state index in [2.05, 4.69) is 20.3 Å². The standard InChI is InChI=1S/C14H20N4O5S/c1-15-24(22,23)11-6-7-12(16-8-11)18-14(21)17-10-4-2-9(3-5-10)13(19)20/h6-10,15H,2-5H2,1H3,(H,19,20)(H2,16,17,18,21). The number of hydrogen-bond donors (Lipinski definition) is 4. The van der Waals surface area contributed by atoms with E-state index >= 15 is 0 Å². The van der Waals surface area contributed by atoms with E-state index in [1.807, 2.05) is 0 Å². The van der Waals surface area contributed by atoms with Crippen LogP contribution in [-0.2, 0) is 14.8 Å². The highest BCUT2D eigenvalue weighted by Gasteiger charge is 2.26. The Bertz CT molecular complexity index is 696. The van der Waals surface area contributed by atoms with Crippen LogP contribution in [0.4, 0.5) is 10.6 Å². The zero-order valence-corrected chi connectivity index (χ0v) is 14.0. The third-order valence-corrected chi connectivity index (χ3v) is 5.37. The third-order valence-electron chi connectivity index (χ3n) is 3.97. The van der Waals surface area contributed by atoms with Crippen molar-refractivity contribution >= 4 is 27.8 Å². The van der Waals surface area contributed by atoms with E-state index in [4.69, 9.17) is 5.11 Å². The molecule has 1 heterocycles. The highest BCUT2D eigenvalue weighted by atomic mass is 32.2. The summed E-state index contributed by atoms with van der Waals surface area (Å²) in [5.74, 6) is -0.907. The first-order valence-electron chi connectivity index (χ1n) is 7.51. The van der Waals surface area contributed by atoms with Crippen molar-refractivity contribution in [2.75, 3.05) is 12.4 Å². The molecule has 1 aliphatic carbocycles. The van der Waals surface area contributed by atoms with Gasteiger partial charge in [-0.3, -0.25) is 10.1 Å². The minimum Gasteiger partial charge on any atom is -0.481 e. The Balaban J connectivity index is 1.86. The van der Waals surface area contributed by atoms with Crippen molar-refractivity contribution in [3.05, 3.63) is 18.3 Å². The molecule has 0 spiro atoms. The van der Waals surface area contributed by atoms with Crippen LogP contribution < -0.4 is 15.4 Å². The van der Waals surface area contributed by atoms with E-state index in [-0.39, 0.29) is 22.7 Å². The Hall–Kier alpha value is -2.20. The highest BCUT2D eigenvalue weighted by molar-refractivity contribution is 7.89. The van der Waals surface area contributed by atoms with Crippen molar-refractivity contribution in [1.82, 2.24) is 15.0 Å². The second-order valence-corrected chi connectivity index (χ2v) is 7.46. The fraction of sp³-hybridized carbons (Fsp3) is 0.500. The molecule has 1 aliphatic rings. The molecular weight excluding hydrogens is 336 g/mol. The number of nitrogens with zero attached hydrogens (tertiary/aromatic N) is 1. The van der Waals surface area contributed by atoms with Crippen molar-refractivity contribution in [3.8, 4) is 0 Å². The van der Waals surface area contributed by atoms with Crippen LogP contribution in [0.2, 0.25) is 0 Å². The fourth-order valence-electron chi connectivity index (χ4n) is 2.55. The molecule has 2 amide bonds. The molecule has 1 saturated carbocycles. The molecule has 1 fully saturated rings. The molecule has 0 aliphatic heterocycles. The molecule has 1 aromatic rings. The minimum atomic E-state index is -3.57. The zero-order chi connectivity index (χ0) is 17.7. The van der Waals surface area contributed by atoms with Crippen LogP contribution in [0.3, 0.4) is 0 Å². The number of carboxylic acid groups (broad SMARTS) is 1. The Labute approximate surface area is 139 Å². The molecule has 0 bridgehead atoms. The zero-order valence-electron chi connectivity index (χ0n) is 13.2. The molecule has 0 unspecified atom stereocenters. The summed E-state index contributed by atoms with van der Waals surface area (Å²) in [6.07, 6.45) is 3.44. The predicted molar refractivity (Wildman–Crippen MR) is 86.0 cm³/mol. The molecule has 24 heavy (non-hydrogen) atoms. The molecule has 132 valence electrons. The fourth-order valence-corrected chi connectivity index (χ4v) is 3.23. The van der Waals surface area contributed by atoms with Gasteiger partial charge in [-0.1, -0.05) is 0 Å². The lowest BCUT2D eigenvalue weighted by Gasteiger charge is -2.26. The van der Waals surface area contributed by atoms with Crippen LogP contribution in [0.25, 0.3) is 0 Å². The summed E-state index contributed by atoms with van der Waals surface area (Å²) in [5, 5.41) is 14.2. The number of hydrogen-bond acceptors (Lipinski definition) is 5. The van der Waals surface area contributed by atoms with Gasteiger partial charge >= 0.3 is 12.0 Å². The molecular formula is C14H20N4O5S. The first kappa shape index (κ1) is 18.1. The lowest BCUT2D eigenvalue weighted by molar-refractivity contribution is -0.142. The van der Waals surface area contributed by atoms with E-state index in [0.29, 0.717) is 25.7 Å². The number of carbonyl (C=O) groups excluding carboxylic acids is 1. The average Bonchev–Trinajstić information content (AvgIpc) is 2.55. The van der Waals surface area contributed by atoms with E-state index in [1.165, 1.54) is 19.2 Å². The van der Waals surface area contributed by atoms with Gasteiger partial charge in [-0.2, -0.15) is 0 Å². The van der Waals surface area contributed by atoms with Gasteiger partial charge in [-0.05, 0) is 44.9 Å². The molecule has 9 nitrogen and oxygen atoms in total. The summed E-state index contributed by atoms with van der Waals surface area (Å²) in [4.78, 5) is 26.7. The van der Waals surface area contributed by atoms with Crippen molar-refractivity contribution < 1.29 is 23.1 Å². The van der Waals surface area contributed by atoms with Gasteiger partial charge in [0.2, 0.25) is 10.0 Å². The molecule has 4 N–H and O–H groups in total. The quantitative estimate of drug-likeness (QED) is 0.614. The smallest absolute Gasteiger partial charge is 0.320 e. The Kier molecular flexibility index (Phi) is 5.73. The summed E-state index contributed by atoms with van der Waals surface area (Å²) in [7, 11) is -2.27. The van der Waals surface area contributed by atoms with Crippen molar-refractivity contribution in [2.24, 2.45) is 5.92 Å². The summed E-state index contributed by atoms with van der Waals surface area (Å²) >= 11 is 0. The van der Waals surface area contributed by atoms with Gasteiger partial charge < -0.3 is 10.4 Å². The van der Waals surface area contributed by atoms with E-state index in [0.717, 1.165) is 6.20 Å². The largest absolute Gasteiger partial charge is 0.481 e. The van der Waals surface area contributed by atoms with Crippen molar-refractivity contribution in [3.63, 3.8) is 0 Å². The number of urea groups is 1. The molecule has 10 heteroatoms. The van der Waals surface area contributed by atoms with Crippen LogP contribution in [0.5, 0.6) is 0 Å². The molecule has 0 saturated heterocycles. The number of pyridine rings is 1. The monoisotopic (exact) mass is 356 g/mol. The van der Waals surface area contributed by atoms with E-state index in [9.17, 15) is 18.0 Å². The van der Waals surface area contributed by atoms with Gasteiger partial charge in [-0.15, -0.1) is 0 Å². The maximum atomic E-state index is 11.9. The van der Waals surface area contributed by atoms with Gasteiger partial charge in [0.1, 0.15) is 10.7 Å². The Morgan fingerprint density at radius 2 is 1.88 bits per heavy atom. The second-order valence-electron chi connectivity index (χ2n) is 5.57. The normalized spacial score (nSPS) is 21.0. The van der Waals surface area contributed by atoms with Crippen LogP contribution >= 0.6 is 0 Å². The lowest BCUT2D eigenvalue weighted by Crippen LogP contribution is -2.41. The van der Waals surface area contributed by atoms with Gasteiger partial charge in [0.25, 0.3) is 0 Å². The maximum absolute atomic E-state index is 11.9. The van der Waals surface area contributed by atoms with Gasteiger partial charge in [-0.25, -0.2) is 22.9 Å². The third kappa shape index (κ3) is 4.65. The molecule has 0 atom stereocenters. The number of aromatic nitrogens is 1. The predicted octanol–water partition coefficient (Wildman–Crippen LogP) is 0.755. The highest BCUT2D eigenvalue weighted by Crippen LogP contribution is 2.24. The number of amides is 2. The molecule has 2 rings (SSSR count). The van der Waals surface area contributed by atoms with Crippen LogP contribution in [-0.4, -0.2) is 43.6 Å². The van der Waals surface area contributed by atoms with Crippen LogP contribution in [0.15, 0.2) is 23.2 Å². The van der Waals surface area contributed by atoms with Crippen LogP contribution in [0, 0.1) is 5.92 Å². The number of aliphatic carboxylic acids is 1. The summed E-state index contributed by atoms with van der Waals surface area (Å²) in [6, 6.07) is 2.20.